The third-order valence-electron chi connectivity index (χ3n) is 3.67. The van der Waals surface area contributed by atoms with Crippen molar-refractivity contribution in [1.29, 1.82) is 0 Å². The summed E-state index contributed by atoms with van der Waals surface area (Å²) in [4.78, 5) is 9.01. The number of hydrogen-bond donors (Lipinski definition) is 2. The molecule has 0 spiro atoms. The van der Waals surface area contributed by atoms with Crippen molar-refractivity contribution in [2.45, 2.75) is 18.2 Å². The highest BCUT2D eigenvalue weighted by Crippen LogP contribution is 2.26. The predicted molar refractivity (Wildman–Crippen MR) is 104 cm³/mol. The van der Waals surface area contributed by atoms with Gasteiger partial charge in [0.25, 0.3) is 0 Å². The largest absolute Gasteiger partial charge is 0.573 e. The summed E-state index contributed by atoms with van der Waals surface area (Å²) in [6, 6.07) is 14.1. The minimum absolute atomic E-state index is 0.304. The van der Waals surface area contributed by atoms with Crippen LogP contribution in [0.1, 0.15) is 6.92 Å². The molecule has 1 unspecified atom stereocenters. The Morgan fingerprint density at radius 3 is 2.34 bits per heavy atom. The zero-order chi connectivity index (χ0) is 20.9. The van der Waals surface area contributed by atoms with Crippen molar-refractivity contribution in [2.75, 3.05) is 11.9 Å². The molecule has 10 heteroatoms. The number of hydrogen-bond acceptors (Lipinski definition) is 5. The summed E-state index contributed by atoms with van der Waals surface area (Å²) in [6.07, 6.45) is -3.35. The van der Waals surface area contributed by atoms with Crippen LogP contribution in [0.3, 0.4) is 0 Å². The molecule has 152 valence electrons. The van der Waals surface area contributed by atoms with Crippen molar-refractivity contribution in [3.8, 4) is 17.0 Å². The number of nitrogens with one attached hydrogen (secondary N) is 2. The van der Waals surface area contributed by atoms with Crippen molar-refractivity contribution in [1.82, 2.24) is 14.7 Å². The van der Waals surface area contributed by atoms with Crippen LogP contribution in [0.15, 0.2) is 65.8 Å². The minimum atomic E-state index is -4.73. The molecule has 3 aromatic rings. The fraction of sp³-hybridized carbons (Fsp3) is 0.158. The Hall–Kier alpha value is -2.98. The molecule has 0 saturated carbocycles. The van der Waals surface area contributed by atoms with Gasteiger partial charge in [0.15, 0.2) is 0 Å². The molecule has 29 heavy (non-hydrogen) atoms. The van der Waals surface area contributed by atoms with E-state index in [0.717, 1.165) is 5.56 Å². The van der Waals surface area contributed by atoms with Gasteiger partial charge >= 0.3 is 6.36 Å². The molecule has 2 aromatic carbocycles. The highest BCUT2D eigenvalue weighted by molar-refractivity contribution is 7.83. The molecule has 0 amide bonds. The van der Waals surface area contributed by atoms with Gasteiger partial charge < -0.3 is 10.1 Å². The Morgan fingerprint density at radius 2 is 1.72 bits per heavy atom. The maximum Gasteiger partial charge on any atom is 0.573 e. The first-order chi connectivity index (χ1) is 13.8. The molecule has 0 saturated heterocycles. The van der Waals surface area contributed by atoms with E-state index in [2.05, 4.69) is 24.7 Å². The molecular weight excluding hydrogens is 405 g/mol. The van der Waals surface area contributed by atoms with Crippen molar-refractivity contribution in [3.05, 3.63) is 60.9 Å². The molecule has 1 atom stereocenters. The molecule has 1 aromatic heterocycles. The smallest absolute Gasteiger partial charge is 0.406 e. The summed E-state index contributed by atoms with van der Waals surface area (Å²) in [5, 5.41) is 3.00. The number of anilines is 2. The molecule has 6 nitrogen and oxygen atoms in total. The van der Waals surface area contributed by atoms with Crippen molar-refractivity contribution >= 4 is 22.5 Å². The number of rotatable bonds is 7. The van der Waals surface area contributed by atoms with Crippen LogP contribution in [-0.4, -0.2) is 27.1 Å². The van der Waals surface area contributed by atoms with Crippen LogP contribution >= 0.6 is 0 Å². The summed E-state index contributed by atoms with van der Waals surface area (Å²) in [5.74, 6) is 0.168. The van der Waals surface area contributed by atoms with Gasteiger partial charge in [0, 0.05) is 23.9 Å². The number of benzene rings is 2. The van der Waals surface area contributed by atoms with Crippen LogP contribution in [0.25, 0.3) is 11.3 Å². The number of aromatic nitrogens is 2. The number of alkyl halides is 3. The highest BCUT2D eigenvalue weighted by Gasteiger charge is 2.30. The van der Waals surface area contributed by atoms with Gasteiger partial charge in [-0.1, -0.05) is 19.1 Å². The average molecular weight is 422 g/mol. The summed E-state index contributed by atoms with van der Waals surface area (Å²) in [6.45, 7) is 2.47. The molecule has 0 radical (unpaired) electrons. The van der Waals surface area contributed by atoms with E-state index < -0.39 is 17.3 Å². The molecule has 0 fully saturated rings. The lowest BCUT2D eigenvalue weighted by Gasteiger charge is -2.10. The Kier molecular flexibility index (Phi) is 6.45. The molecular formula is C19H17F3N4O2S. The summed E-state index contributed by atoms with van der Waals surface area (Å²) >= 11 is 0. The fourth-order valence-corrected chi connectivity index (χ4v) is 3.25. The molecule has 2 N–H and O–H groups in total. The van der Waals surface area contributed by atoms with Gasteiger partial charge in [-0.25, -0.2) is 18.9 Å². The summed E-state index contributed by atoms with van der Waals surface area (Å²) in [7, 11) is -1.26. The van der Waals surface area contributed by atoms with E-state index in [1.165, 1.54) is 30.6 Å². The van der Waals surface area contributed by atoms with Gasteiger partial charge in [0.05, 0.1) is 10.6 Å². The second kappa shape index (κ2) is 9.01. The van der Waals surface area contributed by atoms with E-state index in [9.17, 15) is 17.4 Å². The SMILES string of the molecule is CCNS(=O)c1ccc(-c2cc(Nc3ccc(OC(F)(F)F)cc3)ncn2)cc1. The number of ether oxygens (including phenoxy) is 1. The maximum absolute atomic E-state index is 12.2. The van der Waals surface area contributed by atoms with Crippen LogP contribution in [0, 0.1) is 0 Å². The third kappa shape index (κ3) is 6.00. The summed E-state index contributed by atoms with van der Waals surface area (Å²) < 4.78 is 55.3. The van der Waals surface area contributed by atoms with Crippen molar-refractivity contribution in [3.63, 3.8) is 0 Å². The molecule has 3 rings (SSSR count). The van der Waals surface area contributed by atoms with Crippen LogP contribution in [0.2, 0.25) is 0 Å². The van der Waals surface area contributed by atoms with Crippen LogP contribution in [-0.2, 0) is 11.0 Å². The van der Waals surface area contributed by atoms with Gasteiger partial charge in [-0.15, -0.1) is 13.2 Å². The monoisotopic (exact) mass is 422 g/mol. The van der Waals surface area contributed by atoms with E-state index in [1.807, 2.05) is 6.92 Å². The molecule has 0 bridgehead atoms. The van der Waals surface area contributed by atoms with Gasteiger partial charge in [-0.2, -0.15) is 0 Å². The van der Waals surface area contributed by atoms with Gasteiger partial charge in [0.1, 0.15) is 28.9 Å². The first-order valence-corrected chi connectivity index (χ1v) is 9.69. The van der Waals surface area contributed by atoms with Crippen molar-refractivity contribution in [2.24, 2.45) is 0 Å². The lowest BCUT2D eigenvalue weighted by Crippen LogP contribution is -2.16. The normalized spacial score (nSPS) is 12.4. The molecule has 0 aliphatic carbocycles. The van der Waals surface area contributed by atoms with E-state index in [0.29, 0.717) is 28.6 Å². The predicted octanol–water partition coefficient (Wildman–Crippen LogP) is 4.42. The second-order valence-electron chi connectivity index (χ2n) is 5.78. The molecule has 0 aliphatic heterocycles. The van der Waals surface area contributed by atoms with Crippen LogP contribution in [0.4, 0.5) is 24.7 Å². The zero-order valence-corrected chi connectivity index (χ0v) is 16.1. The third-order valence-corrected chi connectivity index (χ3v) is 4.92. The van der Waals surface area contributed by atoms with Gasteiger partial charge in [-0.3, -0.25) is 0 Å². The Bertz CT molecular complexity index is 980. The highest BCUT2D eigenvalue weighted by atomic mass is 32.2. The van der Waals surface area contributed by atoms with Gasteiger partial charge in [0.2, 0.25) is 0 Å². The van der Waals surface area contributed by atoms with Crippen molar-refractivity contribution < 1.29 is 22.1 Å². The Morgan fingerprint density at radius 1 is 1.03 bits per heavy atom. The quantitative estimate of drug-likeness (QED) is 0.590. The minimum Gasteiger partial charge on any atom is -0.406 e. The zero-order valence-electron chi connectivity index (χ0n) is 15.2. The lowest BCUT2D eigenvalue weighted by molar-refractivity contribution is -0.274. The number of halogens is 3. The fourth-order valence-electron chi connectivity index (χ4n) is 2.44. The standard InChI is InChI=1S/C19H17F3N4O2S/c1-2-25-29(27)16-9-3-13(4-10-16)17-11-18(24-12-23-17)26-14-5-7-15(8-6-14)28-19(20,21)22/h3-12,25H,2H2,1H3,(H,23,24,26). The number of nitrogens with zero attached hydrogens (tertiary/aromatic N) is 2. The maximum atomic E-state index is 12.2. The van der Waals surface area contributed by atoms with E-state index in [-0.39, 0.29) is 5.75 Å². The average Bonchev–Trinajstić information content (AvgIpc) is 2.69. The molecule has 0 aliphatic rings. The van der Waals surface area contributed by atoms with Gasteiger partial charge in [-0.05, 0) is 36.4 Å². The van der Waals surface area contributed by atoms with E-state index in [1.54, 1.807) is 30.3 Å². The Balaban J connectivity index is 1.72. The lowest BCUT2D eigenvalue weighted by atomic mass is 10.1. The van der Waals surface area contributed by atoms with E-state index >= 15 is 0 Å². The first kappa shape index (κ1) is 20.7. The van der Waals surface area contributed by atoms with E-state index in [4.69, 9.17) is 0 Å². The Labute approximate surface area is 167 Å². The van der Waals surface area contributed by atoms with Crippen LogP contribution < -0.4 is 14.8 Å². The first-order valence-electron chi connectivity index (χ1n) is 8.54. The second-order valence-corrected chi connectivity index (χ2v) is 7.07. The summed E-state index contributed by atoms with van der Waals surface area (Å²) in [5.41, 5.74) is 1.99. The van der Waals surface area contributed by atoms with Crippen LogP contribution in [0.5, 0.6) is 5.75 Å². The topological polar surface area (TPSA) is 76.1 Å². The molecule has 1 heterocycles.